The number of sulfonamides is 1. The van der Waals surface area contributed by atoms with Crippen LogP contribution in [0, 0.1) is 0 Å². The van der Waals surface area contributed by atoms with E-state index < -0.39 is 44.7 Å². The Bertz CT molecular complexity index is 820. The molecule has 1 heterocycles. The third-order valence-corrected chi connectivity index (χ3v) is 8.14. The Morgan fingerprint density at radius 1 is 1.16 bits per heavy atom. The van der Waals surface area contributed by atoms with Gasteiger partial charge in [0.15, 0.2) is 0 Å². The molecule has 0 aromatic heterocycles. The number of nitrogens with zero attached hydrogens (tertiary/aromatic N) is 1. The summed E-state index contributed by atoms with van der Waals surface area (Å²) in [6, 6.07) is -1.33. The molecule has 10 heteroatoms. The zero-order valence-corrected chi connectivity index (χ0v) is 18.8. The van der Waals surface area contributed by atoms with Gasteiger partial charge in [0.2, 0.25) is 21.8 Å². The van der Waals surface area contributed by atoms with Crippen molar-refractivity contribution in [1.29, 1.82) is 0 Å². The van der Waals surface area contributed by atoms with Gasteiger partial charge in [0.25, 0.3) is 5.91 Å². The number of hydrogen-bond donors (Lipinski definition) is 3. The fourth-order valence-electron chi connectivity index (χ4n) is 4.01. The zero-order valence-electron chi connectivity index (χ0n) is 18.0. The Morgan fingerprint density at radius 2 is 1.87 bits per heavy atom. The maximum atomic E-state index is 12.9. The molecule has 3 aliphatic rings. The topological polar surface area (TPSA) is 139 Å². The monoisotopic (exact) mass is 454 g/mol. The van der Waals surface area contributed by atoms with E-state index in [1.807, 2.05) is 6.08 Å². The molecular weight excluding hydrogens is 420 g/mol. The molecule has 9 nitrogen and oxygen atoms in total. The van der Waals surface area contributed by atoms with Crippen molar-refractivity contribution >= 4 is 27.7 Å². The molecule has 31 heavy (non-hydrogen) atoms. The minimum absolute atomic E-state index is 0.244. The van der Waals surface area contributed by atoms with Crippen molar-refractivity contribution in [2.75, 3.05) is 6.54 Å². The fraction of sp³-hybridized carbons (Fsp3) is 0.762. The summed E-state index contributed by atoms with van der Waals surface area (Å²) in [6.07, 6.45) is 9.25. The van der Waals surface area contributed by atoms with Crippen molar-refractivity contribution in [2.45, 2.75) is 93.5 Å². The summed E-state index contributed by atoms with van der Waals surface area (Å²) in [6.45, 7) is 4.14. The van der Waals surface area contributed by atoms with Crippen LogP contribution in [0.4, 0.5) is 0 Å². The van der Waals surface area contributed by atoms with E-state index in [9.17, 15) is 22.8 Å². The Labute approximate surface area is 184 Å². The van der Waals surface area contributed by atoms with Gasteiger partial charge < -0.3 is 16.0 Å². The second-order valence-electron chi connectivity index (χ2n) is 8.97. The molecular formula is C21H34N4O5S. The van der Waals surface area contributed by atoms with Crippen LogP contribution < -0.4 is 15.8 Å². The Morgan fingerprint density at radius 3 is 2.48 bits per heavy atom. The van der Waals surface area contributed by atoms with Gasteiger partial charge in [-0.15, -0.1) is 6.58 Å². The van der Waals surface area contributed by atoms with Gasteiger partial charge >= 0.3 is 0 Å². The van der Waals surface area contributed by atoms with Crippen LogP contribution in [0.25, 0.3) is 0 Å². The average molecular weight is 455 g/mol. The lowest BCUT2D eigenvalue weighted by Crippen LogP contribution is -2.57. The van der Waals surface area contributed by atoms with Gasteiger partial charge in [0.05, 0.1) is 11.3 Å². The first-order valence-electron chi connectivity index (χ1n) is 11.3. The van der Waals surface area contributed by atoms with Crippen LogP contribution in [0.15, 0.2) is 12.7 Å². The minimum atomic E-state index is -3.67. The van der Waals surface area contributed by atoms with Crippen molar-refractivity contribution in [1.82, 2.24) is 14.9 Å². The number of amides is 3. The highest BCUT2D eigenvalue weighted by Gasteiger charge is 2.54. The van der Waals surface area contributed by atoms with Crippen molar-refractivity contribution in [3.63, 3.8) is 0 Å². The van der Waals surface area contributed by atoms with Crippen LogP contribution in [0.1, 0.15) is 70.6 Å². The molecule has 3 rings (SSSR count). The summed E-state index contributed by atoms with van der Waals surface area (Å²) in [7, 11) is -3.67. The summed E-state index contributed by atoms with van der Waals surface area (Å²) < 4.78 is 26.2. The molecule has 0 unspecified atom stereocenters. The number of carbonyl (C=O) groups excluding carboxylic acids is 3. The molecule has 0 aromatic rings. The molecule has 2 atom stereocenters. The predicted octanol–water partition coefficient (Wildman–Crippen LogP) is 0.698. The van der Waals surface area contributed by atoms with Gasteiger partial charge in [-0.25, -0.2) is 8.42 Å². The number of nitrogens with two attached hydrogens (primary N) is 1. The van der Waals surface area contributed by atoms with Crippen LogP contribution in [0.3, 0.4) is 0 Å². The molecule has 4 N–H and O–H groups in total. The first-order valence-corrected chi connectivity index (χ1v) is 12.8. The largest absolute Gasteiger partial charge is 0.340 e. The summed E-state index contributed by atoms with van der Waals surface area (Å²) in [5, 5.41) is 2.21. The molecule has 1 aliphatic heterocycles. The number of hydrogen-bond acceptors (Lipinski definition) is 6. The molecule has 2 saturated carbocycles. The molecule has 2 aliphatic carbocycles. The number of carbonyl (C=O) groups is 3. The summed E-state index contributed by atoms with van der Waals surface area (Å²) in [4.78, 5) is 39.8. The van der Waals surface area contributed by atoms with E-state index in [4.69, 9.17) is 5.73 Å². The van der Waals surface area contributed by atoms with Crippen molar-refractivity contribution in [3.8, 4) is 0 Å². The van der Waals surface area contributed by atoms with Crippen molar-refractivity contribution in [2.24, 2.45) is 5.73 Å². The van der Waals surface area contributed by atoms with Gasteiger partial charge in [-0.3, -0.25) is 19.1 Å². The van der Waals surface area contributed by atoms with Gasteiger partial charge in [-0.1, -0.05) is 18.9 Å². The van der Waals surface area contributed by atoms with Gasteiger partial charge in [-0.2, -0.15) is 0 Å². The second-order valence-corrected chi connectivity index (χ2v) is 10.9. The van der Waals surface area contributed by atoms with E-state index in [1.54, 1.807) is 0 Å². The SMILES string of the molecule is C=CCCCCC[C@H](N)C(=O)N1CCC[C@H]1C(=O)NC1(C(=O)NS(=O)(=O)C2CC2)CC1. The van der Waals surface area contributed by atoms with E-state index >= 15 is 0 Å². The number of likely N-dealkylation sites (tertiary alicyclic amines) is 1. The molecule has 3 fully saturated rings. The number of nitrogens with one attached hydrogen (secondary N) is 2. The standard InChI is InChI=1S/C21H34N4O5S/c1-2-3-4-5-6-8-16(22)19(27)25-14-7-9-17(25)18(26)23-21(12-13-21)20(28)24-31(29,30)15-10-11-15/h2,15-17H,1,3-14,22H2,(H,23,26)(H,24,28)/t16-,17-/m0/s1. The third-order valence-electron chi connectivity index (χ3n) is 6.32. The average Bonchev–Trinajstić information content (AvgIpc) is 3.65. The third kappa shape index (κ3) is 5.85. The second kappa shape index (κ2) is 9.68. The number of unbranched alkanes of at least 4 members (excludes halogenated alkanes) is 3. The lowest BCUT2D eigenvalue weighted by atomic mass is 10.1. The van der Waals surface area contributed by atoms with Crippen LogP contribution >= 0.6 is 0 Å². The van der Waals surface area contributed by atoms with E-state index in [0.29, 0.717) is 51.5 Å². The lowest BCUT2D eigenvalue weighted by Gasteiger charge is -2.28. The Balaban J connectivity index is 1.52. The minimum Gasteiger partial charge on any atom is -0.340 e. The predicted molar refractivity (Wildman–Crippen MR) is 116 cm³/mol. The molecule has 1 saturated heterocycles. The zero-order chi connectivity index (χ0) is 22.6. The van der Waals surface area contributed by atoms with E-state index in [-0.39, 0.29) is 5.91 Å². The van der Waals surface area contributed by atoms with Crippen molar-refractivity contribution < 1.29 is 22.8 Å². The molecule has 0 spiro atoms. The maximum absolute atomic E-state index is 12.9. The lowest BCUT2D eigenvalue weighted by molar-refractivity contribution is -0.140. The highest BCUT2D eigenvalue weighted by Crippen LogP contribution is 2.37. The van der Waals surface area contributed by atoms with Crippen LogP contribution in [0.5, 0.6) is 0 Å². The van der Waals surface area contributed by atoms with Gasteiger partial charge in [0.1, 0.15) is 11.6 Å². The smallest absolute Gasteiger partial charge is 0.259 e. The van der Waals surface area contributed by atoms with Crippen molar-refractivity contribution in [3.05, 3.63) is 12.7 Å². The van der Waals surface area contributed by atoms with E-state index in [0.717, 1.165) is 25.7 Å². The molecule has 174 valence electrons. The summed E-state index contributed by atoms with van der Waals surface area (Å²) in [5.41, 5.74) is 4.90. The first-order chi connectivity index (χ1) is 14.7. The molecule has 0 bridgehead atoms. The molecule has 3 amide bonds. The highest BCUT2D eigenvalue weighted by atomic mass is 32.2. The van der Waals surface area contributed by atoms with Gasteiger partial charge in [0, 0.05) is 6.54 Å². The van der Waals surface area contributed by atoms with Crippen LogP contribution in [-0.2, 0) is 24.4 Å². The van der Waals surface area contributed by atoms with E-state index in [2.05, 4.69) is 16.6 Å². The maximum Gasteiger partial charge on any atom is 0.259 e. The Kier molecular flexibility index (Phi) is 7.41. The summed E-state index contributed by atoms with van der Waals surface area (Å²) in [5.74, 6) is -1.34. The van der Waals surface area contributed by atoms with Crippen LogP contribution in [0.2, 0.25) is 0 Å². The fourth-order valence-corrected chi connectivity index (χ4v) is 5.39. The van der Waals surface area contributed by atoms with Crippen LogP contribution in [-0.4, -0.2) is 60.5 Å². The molecule has 0 radical (unpaired) electrons. The highest BCUT2D eigenvalue weighted by molar-refractivity contribution is 7.90. The first kappa shape index (κ1) is 23.7. The number of allylic oxidation sites excluding steroid dienone is 1. The summed E-state index contributed by atoms with van der Waals surface area (Å²) >= 11 is 0. The Hall–Kier alpha value is -1.94. The quantitative estimate of drug-likeness (QED) is 0.293. The number of rotatable bonds is 12. The van der Waals surface area contributed by atoms with E-state index in [1.165, 1.54) is 4.90 Å². The molecule has 0 aromatic carbocycles. The van der Waals surface area contributed by atoms with Gasteiger partial charge in [-0.05, 0) is 57.8 Å². The normalized spacial score (nSPS) is 23.1.